The average molecular weight is 391 g/mol. The van der Waals surface area contributed by atoms with Gasteiger partial charge < -0.3 is 9.80 Å². The van der Waals surface area contributed by atoms with Crippen molar-refractivity contribution in [3.63, 3.8) is 0 Å². The summed E-state index contributed by atoms with van der Waals surface area (Å²) < 4.78 is 68.5. The maximum Gasteiger partial charge on any atom is 0.254 e. The van der Waals surface area contributed by atoms with Crippen molar-refractivity contribution < 1.29 is 26.7 Å². The van der Waals surface area contributed by atoms with Crippen molar-refractivity contribution >= 4 is 23.2 Å². The third-order valence-corrected chi connectivity index (χ3v) is 4.47. The van der Waals surface area contributed by atoms with Gasteiger partial charge in [0.05, 0.1) is 0 Å². The summed E-state index contributed by atoms with van der Waals surface area (Å²) in [5.74, 6) is -7.51. The second-order valence-corrected chi connectivity index (χ2v) is 6.09. The molecule has 138 valence electrons. The highest BCUT2D eigenvalue weighted by molar-refractivity contribution is 6.31. The molecule has 1 fully saturated rings. The lowest BCUT2D eigenvalue weighted by molar-refractivity contribution is 0.0746. The van der Waals surface area contributed by atoms with Crippen molar-refractivity contribution in [3.8, 4) is 0 Å². The van der Waals surface area contributed by atoms with Gasteiger partial charge >= 0.3 is 0 Å². The van der Waals surface area contributed by atoms with Crippen LogP contribution in [0.5, 0.6) is 0 Å². The molecule has 1 aliphatic heterocycles. The van der Waals surface area contributed by atoms with Crippen LogP contribution in [0.3, 0.4) is 0 Å². The van der Waals surface area contributed by atoms with E-state index in [0.717, 1.165) is 11.0 Å². The van der Waals surface area contributed by atoms with Crippen LogP contribution >= 0.6 is 11.6 Å². The topological polar surface area (TPSA) is 23.6 Å². The predicted molar refractivity (Wildman–Crippen MR) is 85.8 cm³/mol. The predicted octanol–water partition coefficient (Wildman–Crippen LogP) is 4.00. The van der Waals surface area contributed by atoms with Crippen LogP contribution in [0.15, 0.2) is 24.3 Å². The number of rotatable bonds is 2. The lowest BCUT2D eigenvalue weighted by Gasteiger charge is -2.36. The lowest BCUT2D eigenvalue weighted by Crippen LogP contribution is -2.49. The number of nitrogens with zero attached hydrogens (tertiary/aromatic N) is 2. The Bertz CT molecular complexity index is 839. The van der Waals surface area contributed by atoms with Crippen molar-refractivity contribution in [1.82, 2.24) is 4.90 Å². The summed E-state index contributed by atoms with van der Waals surface area (Å²) >= 11 is 5.21. The number of carbonyl (C=O) groups is 1. The molecule has 0 unspecified atom stereocenters. The summed E-state index contributed by atoms with van der Waals surface area (Å²) in [5, 5.41) is -1.25. The standard InChI is InChI=1S/C17H12ClF5N2O/c18-11-12(20)14(22)16(15(23)13(11)21)24-4-6-25(7-5-24)17(26)9-2-1-3-10(19)8-9/h1-3,8H,4-7H2. The van der Waals surface area contributed by atoms with Gasteiger partial charge in [0.2, 0.25) is 0 Å². The summed E-state index contributed by atoms with van der Waals surface area (Å²) in [7, 11) is 0. The highest BCUT2D eigenvalue weighted by Gasteiger charge is 2.31. The zero-order chi connectivity index (χ0) is 19.0. The SMILES string of the molecule is O=C(c1cccc(F)c1)N1CCN(c2c(F)c(F)c(Cl)c(F)c2F)CC1. The summed E-state index contributed by atoms with van der Waals surface area (Å²) in [6.07, 6.45) is 0. The number of benzene rings is 2. The Kier molecular flexibility index (Phi) is 5.04. The highest BCUT2D eigenvalue weighted by Crippen LogP contribution is 2.34. The van der Waals surface area contributed by atoms with Crippen LogP contribution in [0.25, 0.3) is 0 Å². The highest BCUT2D eigenvalue weighted by atomic mass is 35.5. The number of halogens is 6. The molecule has 2 aromatic carbocycles. The van der Waals surface area contributed by atoms with Crippen LogP contribution in [0.1, 0.15) is 10.4 Å². The molecule has 1 heterocycles. The molecule has 3 rings (SSSR count). The fraction of sp³-hybridized carbons (Fsp3) is 0.235. The van der Waals surface area contributed by atoms with E-state index < -0.39 is 45.7 Å². The molecule has 1 amide bonds. The van der Waals surface area contributed by atoms with Gasteiger partial charge in [-0.1, -0.05) is 17.7 Å². The van der Waals surface area contributed by atoms with E-state index in [1.54, 1.807) is 0 Å². The Morgan fingerprint density at radius 3 is 2.00 bits per heavy atom. The largest absolute Gasteiger partial charge is 0.363 e. The monoisotopic (exact) mass is 390 g/mol. The molecule has 26 heavy (non-hydrogen) atoms. The minimum Gasteiger partial charge on any atom is -0.363 e. The first-order chi connectivity index (χ1) is 12.3. The first kappa shape index (κ1) is 18.4. The van der Waals surface area contributed by atoms with Gasteiger partial charge in [-0.2, -0.15) is 0 Å². The van der Waals surface area contributed by atoms with Crippen LogP contribution in [0.4, 0.5) is 27.6 Å². The van der Waals surface area contributed by atoms with E-state index in [1.807, 2.05) is 0 Å². The van der Waals surface area contributed by atoms with Gasteiger partial charge in [-0.25, -0.2) is 22.0 Å². The number of amides is 1. The molecule has 0 N–H and O–H groups in total. The molecule has 0 saturated carbocycles. The smallest absolute Gasteiger partial charge is 0.254 e. The normalized spacial score (nSPS) is 14.7. The third kappa shape index (κ3) is 3.21. The Balaban J connectivity index is 1.78. The molecule has 0 bridgehead atoms. The Morgan fingerprint density at radius 1 is 0.885 bits per heavy atom. The number of piperazine rings is 1. The molecule has 3 nitrogen and oxygen atoms in total. The van der Waals surface area contributed by atoms with Gasteiger partial charge in [-0.3, -0.25) is 4.79 Å². The molecule has 0 atom stereocenters. The van der Waals surface area contributed by atoms with Crippen LogP contribution < -0.4 is 4.90 Å². The maximum absolute atomic E-state index is 14.0. The van der Waals surface area contributed by atoms with Crippen molar-refractivity contribution in [2.75, 3.05) is 31.1 Å². The van der Waals surface area contributed by atoms with Gasteiger partial charge in [0, 0.05) is 31.7 Å². The van der Waals surface area contributed by atoms with Crippen molar-refractivity contribution in [3.05, 3.63) is 63.9 Å². The van der Waals surface area contributed by atoms with Gasteiger partial charge in [-0.05, 0) is 18.2 Å². The zero-order valence-electron chi connectivity index (χ0n) is 13.2. The molecule has 2 aromatic rings. The van der Waals surface area contributed by atoms with Gasteiger partial charge in [-0.15, -0.1) is 0 Å². The molecule has 0 aliphatic carbocycles. The zero-order valence-corrected chi connectivity index (χ0v) is 14.0. The number of anilines is 1. The van der Waals surface area contributed by atoms with E-state index in [0.29, 0.717) is 0 Å². The maximum atomic E-state index is 14.0. The third-order valence-electron chi connectivity index (χ3n) is 4.14. The summed E-state index contributed by atoms with van der Waals surface area (Å²) in [6, 6.07) is 5.12. The Morgan fingerprint density at radius 2 is 1.46 bits per heavy atom. The van der Waals surface area contributed by atoms with Gasteiger partial charge in [0.15, 0.2) is 23.3 Å². The average Bonchev–Trinajstić information content (AvgIpc) is 2.65. The van der Waals surface area contributed by atoms with Crippen LogP contribution in [-0.2, 0) is 0 Å². The number of hydrogen-bond acceptors (Lipinski definition) is 2. The molecular weight excluding hydrogens is 379 g/mol. The first-order valence-corrected chi connectivity index (χ1v) is 8.00. The Labute approximate surface area is 150 Å². The van der Waals surface area contributed by atoms with E-state index >= 15 is 0 Å². The molecule has 0 spiro atoms. The molecular formula is C17H12ClF5N2O. The summed E-state index contributed by atoms with van der Waals surface area (Å²) in [6.45, 7) is -0.0367. The minimum absolute atomic E-state index is 0.0418. The van der Waals surface area contributed by atoms with Crippen LogP contribution in [-0.4, -0.2) is 37.0 Å². The molecule has 0 radical (unpaired) electrons. The number of carbonyl (C=O) groups excluding carboxylic acids is 1. The van der Waals surface area contributed by atoms with Gasteiger partial charge in [0.25, 0.3) is 5.91 Å². The van der Waals surface area contributed by atoms with E-state index in [9.17, 15) is 26.7 Å². The summed E-state index contributed by atoms with van der Waals surface area (Å²) in [4.78, 5) is 14.8. The van der Waals surface area contributed by atoms with Crippen molar-refractivity contribution in [2.24, 2.45) is 0 Å². The van der Waals surface area contributed by atoms with E-state index in [4.69, 9.17) is 11.6 Å². The molecule has 0 aromatic heterocycles. The second kappa shape index (κ2) is 7.11. The Hall–Kier alpha value is -2.35. The molecule has 1 saturated heterocycles. The van der Waals surface area contributed by atoms with Crippen molar-refractivity contribution in [2.45, 2.75) is 0 Å². The van der Waals surface area contributed by atoms with Crippen LogP contribution in [0, 0.1) is 29.1 Å². The van der Waals surface area contributed by atoms with Gasteiger partial charge in [0.1, 0.15) is 16.5 Å². The summed E-state index contributed by atoms with van der Waals surface area (Å²) in [5.41, 5.74) is -0.721. The number of hydrogen-bond donors (Lipinski definition) is 0. The van der Waals surface area contributed by atoms with E-state index in [1.165, 1.54) is 23.1 Å². The van der Waals surface area contributed by atoms with Crippen molar-refractivity contribution in [1.29, 1.82) is 0 Å². The minimum atomic E-state index is -1.67. The van der Waals surface area contributed by atoms with Crippen LogP contribution in [0.2, 0.25) is 5.02 Å². The van der Waals surface area contributed by atoms with E-state index in [2.05, 4.69) is 0 Å². The fourth-order valence-corrected chi connectivity index (χ4v) is 2.97. The molecule has 9 heteroatoms. The quantitative estimate of drug-likeness (QED) is 0.439. The molecule has 1 aliphatic rings. The lowest BCUT2D eigenvalue weighted by atomic mass is 10.1. The second-order valence-electron chi connectivity index (χ2n) is 5.71. The first-order valence-electron chi connectivity index (χ1n) is 7.62. The van der Waals surface area contributed by atoms with E-state index in [-0.39, 0.29) is 31.7 Å². The fourth-order valence-electron chi connectivity index (χ4n) is 2.81.